The number of hydrogen-bond acceptors (Lipinski definition) is 4. The Morgan fingerprint density at radius 3 is 2.81 bits per heavy atom. The van der Waals surface area contributed by atoms with Crippen molar-refractivity contribution in [3.63, 3.8) is 0 Å². The second kappa shape index (κ2) is 9.83. The van der Waals surface area contributed by atoms with E-state index in [1.165, 1.54) is 0 Å². The Hall–Kier alpha value is -2.01. The van der Waals surface area contributed by atoms with Crippen LogP contribution in [-0.4, -0.2) is 32.2 Å². The van der Waals surface area contributed by atoms with Crippen molar-refractivity contribution in [2.45, 2.75) is 20.4 Å². The first-order valence-corrected chi connectivity index (χ1v) is 7.18. The Labute approximate surface area is 126 Å². The molecule has 2 N–H and O–H groups in total. The lowest BCUT2D eigenvalue weighted by atomic mass is 10.2. The SMILES string of the molecule is C=CCNC(=O)COc1c(CNCC)cccc1OCC. The minimum absolute atomic E-state index is 0.0446. The standard InChI is InChI=1S/C16H24N2O3/c1-4-10-18-15(19)12-21-16-13(11-17-5-2)8-7-9-14(16)20-6-3/h4,7-9,17H,1,5-6,10-12H2,2-3H3,(H,18,19). The number of nitrogens with one attached hydrogen (secondary N) is 2. The van der Waals surface area contributed by atoms with Crippen LogP contribution in [0, 0.1) is 0 Å². The molecule has 116 valence electrons. The smallest absolute Gasteiger partial charge is 0.258 e. The van der Waals surface area contributed by atoms with Crippen LogP contribution >= 0.6 is 0 Å². The van der Waals surface area contributed by atoms with Crippen LogP contribution in [0.5, 0.6) is 11.5 Å². The maximum atomic E-state index is 11.6. The summed E-state index contributed by atoms with van der Waals surface area (Å²) in [6.45, 7) is 9.96. The van der Waals surface area contributed by atoms with Gasteiger partial charge in [-0.3, -0.25) is 4.79 Å². The number of carbonyl (C=O) groups is 1. The molecule has 0 unspecified atom stereocenters. The number of carbonyl (C=O) groups excluding carboxylic acids is 1. The molecule has 0 aliphatic heterocycles. The molecule has 1 amide bonds. The summed E-state index contributed by atoms with van der Waals surface area (Å²) in [5.41, 5.74) is 0.972. The average Bonchev–Trinajstić information content (AvgIpc) is 2.50. The molecule has 0 aromatic heterocycles. The monoisotopic (exact) mass is 292 g/mol. The first-order chi connectivity index (χ1) is 10.2. The van der Waals surface area contributed by atoms with Gasteiger partial charge in [0, 0.05) is 18.7 Å². The van der Waals surface area contributed by atoms with Crippen LogP contribution in [-0.2, 0) is 11.3 Å². The van der Waals surface area contributed by atoms with Crippen molar-refractivity contribution < 1.29 is 14.3 Å². The molecule has 1 aromatic rings. The largest absolute Gasteiger partial charge is 0.490 e. The van der Waals surface area contributed by atoms with E-state index in [0.29, 0.717) is 31.2 Å². The Morgan fingerprint density at radius 1 is 1.33 bits per heavy atom. The van der Waals surface area contributed by atoms with E-state index in [1.807, 2.05) is 32.0 Å². The van der Waals surface area contributed by atoms with Crippen LogP contribution in [0.4, 0.5) is 0 Å². The van der Waals surface area contributed by atoms with Crippen molar-refractivity contribution in [2.75, 3.05) is 26.3 Å². The van der Waals surface area contributed by atoms with Crippen LogP contribution in [0.3, 0.4) is 0 Å². The molecule has 1 rings (SSSR count). The van der Waals surface area contributed by atoms with Gasteiger partial charge >= 0.3 is 0 Å². The highest BCUT2D eigenvalue weighted by Crippen LogP contribution is 2.31. The molecule has 0 bridgehead atoms. The zero-order chi connectivity index (χ0) is 15.5. The summed E-state index contributed by atoms with van der Waals surface area (Å²) in [6.07, 6.45) is 1.63. The van der Waals surface area contributed by atoms with Gasteiger partial charge in [0.1, 0.15) is 0 Å². The van der Waals surface area contributed by atoms with E-state index in [2.05, 4.69) is 17.2 Å². The highest BCUT2D eigenvalue weighted by molar-refractivity contribution is 5.77. The van der Waals surface area contributed by atoms with E-state index in [-0.39, 0.29) is 12.5 Å². The Morgan fingerprint density at radius 2 is 2.14 bits per heavy atom. The van der Waals surface area contributed by atoms with E-state index in [4.69, 9.17) is 9.47 Å². The summed E-state index contributed by atoms with van der Waals surface area (Å²) in [6, 6.07) is 5.72. The summed E-state index contributed by atoms with van der Waals surface area (Å²) in [5.74, 6) is 1.09. The number of hydrogen-bond donors (Lipinski definition) is 2. The van der Waals surface area contributed by atoms with Gasteiger partial charge in [0.2, 0.25) is 0 Å². The Bertz CT molecular complexity index is 461. The van der Waals surface area contributed by atoms with Crippen molar-refractivity contribution in [3.05, 3.63) is 36.4 Å². The molecule has 0 saturated heterocycles. The van der Waals surface area contributed by atoms with Gasteiger partial charge in [0.05, 0.1) is 6.61 Å². The fourth-order valence-corrected chi connectivity index (χ4v) is 1.77. The molecule has 0 radical (unpaired) electrons. The van der Waals surface area contributed by atoms with Gasteiger partial charge in [-0.15, -0.1) is 6.58 Å². The van der Waals surface area contributed by atoms with Crippen molar-refractivity contribution in [3.8, 4) is 11.5 Å². The van der Waals surface area contributed by atoms with E-state index in [1.54, 1.807) is 6.08 Å². The van der Waals surface area contributed by atoms with Crippen LogP contribution < -0.4 is 20.1 Å². The van der Waals surface area contributed by atoms with Gasteiger partial charge in [-0.2, -0.15) is 0 Å². The van der Waals surface area contributed by atoms with E-state index >= 15 is 0 Å². The molecule has 5 nitrogen and oxygen atoms in total. The summed E-state index contributed by atoms with van der Waals surface area (Å²) >= 11 is 0. The zero-order valence-electron chi connectivity index (χ0n) is 12.8. The molecular formula is C16H24N2O3. The first-order valence-electron chi connectivity index (χ1n) is 7.18. The maximum Gasteiger partial charge on any atom is 0.258 e. The topological polar surface area (TPSA) is 59.6 Å². The third-order valence-corrected chi connectivity index (χ3v) is 2.72. The third kappa shape index (κ3) is 5.87. The molecule has 5 heteroatoms. The predicted molar refractivity (Wildman–Crippen MR) is 83.7 cm³/mol. The van der Waals surface area contributed by atoms with E-state index in [0.717, 1.165) is 12.1 Å². The van der Waals surface area contributed by atoms with Crippen molar-refractivity contribution >= 4 is 5.91 Å². The molecule has 1 aromatic carbocycles. The van der Waals surface area contributed by atoms with Gasteiger partial charge in [0.15, 0.2) is 18.1 Å². The second-order valence-electron chi connectivity index (χ2n) is 4.34. The molecule has 0 aliphatic rings. The number of amides is 1. The second-order valence-corrected chi connectivity index (χ2v) is 4.34. The lowest BCUT2D eigenvalue weighted by Gasteiger charge is -2.16. The lowest BCUT2D eigenvalue weighted by Crippen LogP contribution is -2.29. The molecule has 21 heavy (non-hydrogen) atoms. The van der Waals surface area contributed by atoms with E-state index in [9.17, 15) is 4.79 Å². The molecule has 0 atom stereocenters. The molecule has 0 spiro atoms. The highest BCUT2D eigenvalue weighted by Gasteiger charge is 2.12. The van der Waals surface area contributed by atoms with Gasteiger partial charge in [-0.25, -0.2) is 0 Å². The van der Waals surface area contributed by atoms with Crippen molar-refractivity contribution in [1.82, 2.24) is 10.6 Å². The van der Waals surface area contributed by atoms with Gasteiger partial charge in [0.25, 0.3) is 5.91 Å². The molecule has 0 saturated carbocycles. The van der Waals surface area contributed by atoms with Crippen LogP contribution in [0.25, 0.3) is 0 Å². The molecule has 0 fully saturated rings. The Kier molecular flexibility index (Phi) is 7.97. The van der Waals surface area contributed by atoms with Crippen LogP contribution in [0.2, 0.25) is 0 Å². The van der Waals surface area contributed by atoms with Gasteiger partial charge in [-0.05, 0) is 19.5 Å². The summed E-state index contributed by atoms with van der Waals surface area (Å²) in [7, 11) is 0. The van der Waals surface area contributed by atoms with E-state index < -0.39 is 0 Å². The predicted octanol–water partition coefficient (Wildman–Crippen LogP) is 1.88. The average molecular weight is 292 g/mol. The minimum Gasteiger partial charge on any atom is -0.490 e. The van der Waals surface area contributed by atoms with Crippen LogP contribution in [0.1, 0.15) is 19.4 Å². The van der Waals surface area contributed by atoms with Gasteiger partial charge < -0.3 is 20.1 Å². The number of ether oxygens (including phenoxy) is 2. The summed E-state index contributed by atoms with van der Waals surface area (Å²) < 4.78 is 11.2. The fraction of sp³-hybridized carbons (Fsp3) is 0.438. The Balaban J connectivity index is 2.79. The summed E-state index contributed by atoms with van der Waals surface area (Å²) in [4.78, 5) is 11.6. The highest BCUT2D eigenvalue weighted by atomic mass is 16.5. The fourth-order valence-electron chi connectivity index (χ4n) is 1.77. The number of rotatable bonds is 10. The molecule has 0 aliphatic carbocycles. The van der Waals surface area contributed by atoms with Gasteiger partial charge in [-0.1, -0.05) is 25.1 Å². The normalized spacial score (nSPS) is 10.0. The lowest BCUT2D eigenvalue weighted by molar-refractivity contribution is -0.122. The summed E-state index contributed by atoms with van der Waals surface area (Å²) in [5, 5.41) is 5.93. The van der Waals surface area contributed by atoms with Crippen LogP contribution in [0.15, 0.2) is 30.9 Å². The maximum absolute atomic E-state index is 11.6. The first kappa shape index (κ1) is 17.0. The third-order valence-electron chi connectivity index (χ3n) is 2.72. The van der Waals surface area contributed by atoms with Crippen molar-refractivity contribution in [2.24, 2.45) is 0 Å². The molecular weight excluding hydrogens is 268 g/mol. The number of para-hydroxylation sites is 1. The van der Waals surface area contributed by atoms with Crippen molar-refractivity contribution in [1.29, 1.82) is 0 Å². The quantitative estimate of drug-likeness (QED) is 0.646. The zero-order valence-corrected chi connectivity index (χ0v) is 12.8. The molecule has 0 heterocycles. The number of benzene rings is 1. The minimum atomic E-state index is -0.185.